The summed E-state index contributed by atoms with van der Waals surface area (Å²) in [6.07, 6.45) is 11.6. The van der Waals surface area contributed by atoms with Crippen LogP contribution in [0, 0.1) is 24.7 Å². The predicted molar refractivity (Wildman–Crippen MR) is 117 cm³/mol. The molecule has 0 aliphatic heterocycles. The molecule has 0 bridgehead atoms. The average Bonchev–Trinajstić information content (AvgIpc) is 2.75. The summed E-state index contributed by atoms with van der Waals surface area (Å²) in [4.78, 5) is 0. The highest BCUT2D eigenvalue weighted by atomic mass is 28.1. The minimum Gasteiger partial charge on any atom is -0.0609 e. The van der Waals surface area contributed by atoms with Gasteiger partial charge in [0.05, 0.1) is 0 Å². The Kier molecular flexibility index (Phi) is 6.17. The molecule has 2 aliphatic rings. The Balaban J connectivity index is 1.32. The van der Waals surface area contributed by atoms with Gasteiger partial charge in [-0.1, -0.05) is 73.0 Å². The summed E-state index contributed by atoms with van der Waals surface area (Å²) >= 11 is 0. The molecule has 0 nitrogen and oxygen atoms in total. The lowest BCUT2D eigenvalue weighted by atomic mass is 9.68. The van der Waals surface area contributed by atoms with Crippen molar-refractivity contribution < 1.29 is 0 Å². The van der Waals surface area contributed by atoms with E-state index < -0.39 is 0 Å². The molecule has 0 spiro atoms. The molecule has 1 heteroatoms. The van der Waals surface area contributed by atoms with Gasteiger partial charge in [-0.3, -0.25) is 0 Å². The van der Waals surface area contributed by atoms with Gasteiger partial charge in [0.15, 0.2) is 0 Å². The zero-order chi connectivity index (χ0) is 18.6. The molecular formula is C26H33Si. The van der Waals surface area contributed by atoms with Crippen LogP contribution < -0.4 is 0 Å². The second kappa shape index (κ2) is 8.77. The Morgan fingerprint density at radius 1 is 0.667 bits per heavy atom. The maximum Gasteiger partial charge on any atom is 0.0225 e. The Hall–Kier alpha value is -1.34. The molecule has 2 aromatic carbocycles. The third-order valence-corrected chi connectivity index (χ3v) is 7.96. The molecule has 141 valence electrons. The smallest absolute Gasteiger partial charge is 0.0225 e. The lowest BCUT2D eigenvalue weighted by Crippen LogP contribution is -2.25. The summed E-state index contributed by atoms with van der Waals surface area (Å²) in [5, 5.41) is 0. The molecule has 2 aromatic rings. The summed E-state index contributed by atoms with van der Waals surface area (Å²) in [7, 11) is 3.73. The van der Waals surface area contributed by atoms with Crippen molar-refractivity contribution in [1.29, 1.82) is 0 Å². The maximum atomic E-state index is 3.73. The normalized spacial score (nSPS) is 28.8. The third-order valence-electron chi connectivity index (χ3n) is 7.39. The molecule has 4 rings (SSSR count). The summed E-state index contributed by atoms with van der Waals surface area (Å²) in [5.74, 6) is 3.75. The first-order valence-electron chi connectivity index (χ1n) is 11.0. The molecule has 0 unspecified atom stereocenters. The summed E-state index contributed by atoms with van der Waals surface area (Å²) in [6, 6.07) is 19.5. The Morgan fingerprint density at radius 2 is 1.15 bits per heavy atom. The molecule has 0 heterocycles. The lowest BCUT2D eigenvalue weighted by Gasteiger charge is -2.38. The summed E-state index contributed by atoms with van der Waals surface area (Å²) in [6.45, 7) is 2.15. The van der Waals surface area contributed by atoms with Gasteiger partial charge in [-0.2, -0.15) is 0 Å². The van der Waals surface area contributed by atoms with Crippen LogP contribution in [0.1, 0.15) is 68.4 Å². The monoisotopic (exact) mass is 373 g/mol. The van der Waals surface area contributed by atoms with Gasteiger partial charge in [0.2, 0.25) is 0 Å². The molecule has 0 atom stereocenters. The van der Waals surface area contributed by atoms with Crippen LogP contribution >= 0.6 is 0 Å². The van der Waals surface area contributed by atoms with Gasteiger partial charge in [0.1, 0.15) is 0 Å². The van der Waals surface area contributed by atoms with E-state index in [0.29, 0.717) is 0 Å². The molecule has 2 fully saturated rings. The van der Waals surface area contributed by atoms with Crippen LogP contribution in [0.3, 0.4) is 0 Å². The average molecular weight is 374 g/mol. The highest BCUT2D eigenvalue weighted by molar-refractivity contribution is 6.08. The minimum absolute atomic E-state index is 0.784. The highest BCUT2D eigenvalue weighted by Crippen LogP contribution is 2.44. The highest BCUT2D eigenvalue weighted by Gasteiger charge is 2.30. The van der Waals surface area contributed by atoms with Crippen LogP contribution in [0.25, 0.3) is 11.1 Å². The number of hydrogen-bond donors (Lipinski definition) is 0. The fourth-order valence-electron chi connectivity index (χ4n) is 5.48. The molecule has 0 amide bonds. The predicted octanol–water partition coefficient (Wildman–Crippen LogP) is 7.33. The Morgan fingerprint density at radius 3 is 1.67 bits per heavy atom. The molecule has 2 aliphatic carbocycles. The Labute approximate surface area is 169 Å². The topological polar surface area (TPSA) is 0 Å². The maximum absolute atomic E-state index is 3.73. The number of aryl methyl sites for hydroxylation is 1. The molecule has 3 radical (unpaired) electrons. The second-order valence-electron chi connectivity index (χ2n) is 9.08. The fourth-order valence-corrected chi connectivity index (χ4v) is 5.89. The van der Waals surface area contributed by atoms with Gasteiger partial charge in [-0.25, -0.2) is 0 Å². The van der Waals surface area contributed by atoms with Gasteiger partial charge < -0.3 is 0 Å². The first kappa shape index (κ1) is 19.0. The van der Waals surface area contributed by atoms with Crippen molar-refractivity contribution in [3.63, 3.8) is 0 Å². The van der Waals surface area contributed by atoms with Gasteiger partial charge >= 0.3 is 0 Å². The Bertz CT molecular complexity index is 699. The van der Waals surface area contributed by atoms with Crippen molar-refractivity contribution in [3.8, 4) is 11.1 Å². The van der Waals surface area contributed by atoms with Gasteiger partial charge in [0.25, 0.3) is 0 Å². The van der Waals surface area contributed by atoms with E-state index in [1.807, 2.05) is 0 Å². The van der Waals surface area contributed by atoms with Crippen LogP contribution in [-0.2, 0) is 0 Å². The lowest BCUT2D eigenvalue weighted by molar-refractivity contribution is 0.165. The van der Waals surface area contributed by atoms with E-state index in [0.717, 1.165) is 23.7 Å². The largest absolute Gasteiger partial charge is 0.0609 e. The SMILES string of the molecule is Cc1ccc(-c2ccc(C3CCC(C4CCC(C[Si])CC4)CC3)cc2)cc1. The van der Waals surface area contributed by atoms with E-state index in [1.165, 1.54) is 74.1 Å². The van der Waals surface area contributed by atoms with E-state index in [2.05, 4.69) is 65.7 Å². The molecule has 2 saturated carbocycles. The fraction of sp³-hybridized carbons (Fsp3) is 0.538. The van der Waals surface area contributed by atoms with Crippen molar-refractivity contribution in [2.45, 2.75) is 70.3 Å². The standard InChI is InChI=1S/C26H33Si/c1-19-2-6-21(7-3-19)23-10-14-25(15-11-23)26-16-12-24(13-17-26)22-8-4-20(18-27)5-9-22/h2-3,6-7,10-11,14-15,20,22,24,26H,4-5,8-9,12-13,16-18H2,1H3. The van der Waals surface area contributed by atoms with Crippen LogP contribution in [0.2, 0.25) is 6.04 Å². The number of benzene rings is 2. The molecule has 0 N–H and O–H groups in total. The molecule has 0 saturated heterocycles. The van der Waals surface area contributed by atoms with Crippen molar-refractivity contribution in [3.05, 3.63) is 59.7 Å². The van der Waals surface area contributed by atoms with E-state index >= 15 is 0 Å². The van der Waals surface area contributed by atoms with Crippen LogP contribution in [0.5, 0.6) is 0 Å². The third kappa shape index (κ3) is 4.56. The van der Waals surface area contributed by atoms with Crippen molar-refractivity contribution in [1.82, 2.24) is 0 Å². The molecule has 27 heavy (non-hydrogen) atoms. The van der Waals surface area contributed by atoms with Crippen LogP contribution in [-0.4, -0.2) is 10.2 Å². The van der Waals surface area contributed by atoms with Crippen LogP contribution in [0.4, 0.5) is 0 Å². The zero-order valence-corrected chi connectivity index (χ0v) is 17.8. The molecule has 0 aromatic heterocycles. The zero-order valence-electron chi connectivity index (χ0n) is 16.8. The van der Waals surface area contributed by atoms with Crippen molar-refractivity contribution in [2.24, 2.45) is 17.8 Å². The number of hydrogen-bond acceptors (Lipinski definition) is 0. The minimum atomic E-state index is 0.784. The van der Waals surface area contributed by atoms with E-state index in [-0.39, 0.29) is 0 Å². The molecular weight excluding hydrogens is 340 g/mol. The van der Waals surface area contributed by atoms with Gasteiger partial charge in [-0.05, 0) is 85.8 Å². The van der Waals surface area contributed by atoms with Crippen LogP contribution in [0.15, 0.2) is 48.5 Å². The number of rotatable bonds is 4. The van der Waals surface area contributed by atoms with Gasteiger partial charge in [0, 0.05) is 10.2 Å². The van der Waals surface area contributed by atoms with E-state index in [1.54, 1.807) is 5.56 Å². The van der Waals surface area contributed by atoms with Crippen molar-refractivity contribution in [2.75, 3.05) is 0 Å². The van der Waals surface area contributed by atoms with E-state index in [9.17, 15) is 0 Å². The summed E-state index contributed by atoms with van der Waals surface area (Å²) < 4.78 is 0. The first-order chi connectivity index (χ1) is 13.2. The van der Waals surface area contributed by atoms with Gasteiger partial charge in [-0.15, -0.1) is 0 Å². The second-order valence-corrected chi connectivity index (χ2v) is 9.49. The first-order valence-corrected chi connectivity index (χ1v) is 11.7. The van der Waals surface area contributed by atoms with Crippen molar-refractivity contribution >= 4 is 10.2 Å². The quantitative estimate of drug-likeness (QED) is 0.492. The summed E-state index contributed by atoms with van der Waals surface area (Å²) in [5.41, 5.74) is 5.56. The van der Waals surface area contributed by atoms with E-state index in [4.69, 9.17) is 0 Å².